The van der Waals surface area contributed by atoms with Crippen molar-refractivity contribution in [3.63, 3.8) is 0 Å². The molecule has 1 N–H and O–H groups in total. The molecule has 0 amide bonds. The second kappa shape index (κ2) is 5.97. The molecule has 1 heterocycles. The summed E-state index contributed by atoms with van der Waals surface area (Å²) in [5.74, 6) is 0.210. The molecule has 1 aromatic carbocycles. The summed E-state index contributed by atoms with van der Waals surface area (Å²) >= 11 is 3.27. The molecule has 0 aliphatic heterocycles. The summed E-state index contributed by atoms with van der Waals surface area (Å²) < 4.78 is 20.5. The molecule has 0 fully saturated rings. The first-order valence-electron chi connectivity index (χ1n) is 5.38. The van der Waals surface area contributed by atoms with Crippen LogP contribution >= 0.6 is 15.9 Å². The van der Waals surface area contributed by atoms with E-state index in [0.29, 0.717) is 12.3 Å². The van der Waals surface area contributed by atoms with Crippen LogP contribution in [0.3, 0.4) is 0 Å². The molecular formula is C12H12BrFN2O2. The molecule has 2 rings (SSSR count). The van der Waals surface area contributed by atoms with Gasteiger partial charge in [-0.2, -0.15) is 5.10 Å². The van der Waals surface area contributed by atoms with Crippen LogP contribution < -0.4 is 4.74 Å². The standard InChI is InChI=1S/C12H12BrFN2O2/c13-9-5-15-16(6-9)7-11(17)8-18-12-3-1-10(14)2-4-12/h1-6,11,17H,7-8H2/t11-/m1/s1. The van der Waals surface area contributed by atoms with Crippen LogP contribution in [0.15, 0.2) is 41.1 Å². The zero-order valence-corrected chi connectivity index (χ0v) is 11.0. The number of aromatic nitrogens is 2. The van der Waals surface area contributed by atoms with Crippen LogP contribution in [0.25, 0.3) is 0 Å². The largest absolute Gasteiger partial charge is 0.491 e. The Morgan fingerprint density at radius 3 is 2.72 bits per heavy atom. The number of hydrogen-bond acceptors (Lipinski definition) is 3. The molecule has 2 aromatic rings. The molecule has 0 bridgehead atoms. The third kappa shape index (κ3) is 3.82. The average Bonchev–Trinajstić information content (AvgIpc) is 2.74. The fourth-order valence-electron chi connectivity index (χ4n) is 1.43. The fourth-order valence-corrected chi connectivity index (χ4v) is 1.76. The van der Waals surface area contributed by atoms with Gasteiger partial charge in [-0.05, 0) is 40.2 Å². The van der Waals surface area contributed by atoms with Crippen LogP contribution in [0.1, 0.15) is 0 Å². The van der Waals surface area contributed by atoms with Crippen molar-refractivity contribution < 1.29 is 14.2 Å². The molecule has 96 valence electrons. The minimum absolute atomic E-state index is 0.128. The fraction of sp³-hybridized carbons (Fsp3) is 0.250. The van der Waals surface area contributed by atoms with E-state index >= 15 is 0 Å². The second-order valence-corrected chi connectivity index (χ2v) is 4.72. The average molecular weight is 315 g/mol. The predicted octanol–water partition coefficient (Wildman–Crippen LogP) is 2.22. The summed E-state index contributed by atoms with van der Waals surface area (Å²) in [6.07, 6.45) is 2.73. The van der Waals surface area contributed by atoms with Gasteiger partial charge < -0.3 is 9.84 Å². The van der Waals surface area contributed by atoms with E-state index in [1.165, 1.54) is 24.3 Å². The van der Waals surface area contributed by atoms with Gasteiger partial charge in [0.2, 0.25) is 0 Å². The third-order valence-electron chi connectivity index (χ3n) is 2.26. The second-order valence-electron chi connectivity index (χ2n) is 3.80. The van der Waals surface area contributed by atoms with Gasteiger partial charge in [0.1, 0.15) is 24.3 Å². The van der Waals surface area contributed by atoms with Gasteiger partial charge >= 0.3 is 0 Å². The maximum atomic E-state index is 12.7. The molecular weight excluding hydrogens is 303 g/mol. The van der Waals surface area contributed by atoms with Crippen molar-refractivity contribution in [2.45, 2.75) is 12.6 Å². The van der Waals surface area contributed by atoms with E-state index in [1.54, 1.807) is 17.1 Å². The summed E-state index contributed by atoms with van der Waals surface area (Å²) in [5.41, 5.74) is 0. The Morgan fingerprint density at radius 1 is 1.39 bits per heavy atom. The van der Waals surface area contributed by atoms with Gasteiger partial charge in [0.05, 0.1) is 17.2 Å². The lowest BCUT2D eigenvalue weighted by Gasteiger charge is -2.12. The predicted molar refractivity (Wildman–Crippen MR) is 67.8 cm³/mol. The molecule has 1 aromatic heterocycles. The van der Waals surface area contributed by atoms with Gasteiger partial charge in [-0.3, -0.25) is 4.68 Å². The molecule has 0 radical (unpaired) electrons. The van der Waals surface area contributed by atoms with Gasteiger partial charge in [-0.25, -0.2) is 4.39 Å². The number of aliphatic hydroxyl groups is 1. The van der Waals surface area contributed by atoms with Crippen molar-refractivity contribution in [2.75, 3.05) is 6.61 Å². The Balaban J connectivity index is 1.81. The molecule has 0 aliphatic carbocycles. The van der Waals surface area contributed by atoms with Crippen LogP contribution in [0.2, 0.25) is 0 Å². The van der Waals surface area contributed by atoms with Crippen LogP contribution in [-0.2, 0) is 6.54 Å². The maximum absolute atomic E-state index is 12.7. The molecule has 0 unspecified atom stereocenters. The first kappa shape index (κ1) is 13.0. The van der Waals surface area contributed by atoms with Gasteiger partial charge in [-0.1, -0.05) is 0 Å². The van der Waals surface area contributed by atoms with Gasteiger partial charge in [0, 0.05) is 6.20 Å². The van der Waals surface area contributed by atoms with E-state index in [4.69, 9.17) is 4.74 Å². The lowest BCUT2D eigenvalue weighted by atomic mass is 10.3. The Bertz CT molecular complexity index is 501. The SMILES string of the molecule is O[C@@H](COc1ccc(F)cc1)Cn1cc(Br)cn1. The zero-order valence-electron chi connectivity index (χ0n) is 9.46. The summed E-state index contributed by atoms with van der Waals surface area (Å²) in [7, 11) is 0. The Labute approximate surface area is 112 Å². The molecule has 1 atom stereocenters. The number of halogens is 2. The van der Waals surface area contributed by atoms with E-state index < -0.39 is 6.10 Å². The normalized spacial score (nSPS) is 12.4. The first-order valence-corrected chi connectivity index (χ1v) is 6.17. The van der Waals surface area contributed by atoms with E-state index in [9.17, 15) is 9.50 Å². The Hall–Kier alpha value is -1.40. The molecule has 0 spiro atoms. The quantitative estimate of drug-likeness (QED) is 0.920. The van der Waals surface area contributed by atoms with Gasteiger partial charge in [0.15, 0.2) is 0 Å². The number of aliphatic hydroxyl groups excluding tert-OH is 1. The van der Waals surface area contributed by atoms with E-state index in [1.807, 2.05) is 0 Å². The monoisotopic (exact) mass is 314 g/mol. The topological polar surface area (TPSA) is 47.3 Å². The number of ether oxygens (including phenoxy) is 1. The highest BCUT2D eigenvalue weighted by molar-refractivity contribution is 9.10. The minimum atomic E-state index is -0.679. The smallest absolute Gasteiger partial charge is 0.123 e. The van der Waals surface area contributed by atoms with Crippen molar-refractivity contribution in [2.24, 2.45) is 0 Å². The van der Waals surface area contributed by atoms with Crippen molar-refractivity contribution in [1.29, 1.82) is 0 Å². The number of nitrogens with zero attached hydrogens (tertiary/aromatic N) is 2. The highest BCUT2D eigenvalue weighted by atomic mass is 79.9. The van der Waals surface area contributed by atoms with Crippen LogP contribution in [0, 0.1) is 5.82 Å². The molecule has 18 heavy (non-hydrogen) atoms. The van der Waals surface area contributed by atoms with Gasteiger partial charge in [0.25, 0.3) is 0 Å². The molecule has 4 nitrogen and oxygen atoms in total. The van der Waals surface area contributed by atoms with Crippen LogP contribution in [-0.4, -0.2) is 27.6 Å². The summed E-state index contributed by atoms with van der Waals surface area (Å²) in [5, 5.41) is 13.8. The van der Waals surface area contributed by atoms with E-state index in [2.05, 4.69) is 21.0 Å². The molecule has 0 aliphatic rings. The lowest BCUT2D eigenvalue weighted by Crippen LogP contribution is -2.23. The Morgan fingerprint density at radius 2 is 2.11 bits per heavy atom. The molecule has 0 saturated heterocycles. The number of rotatable bonds is 5. The summed E-state index contributed by atoms with van der Waals surface area (Å²) in [4.78, 5) is 0. The zero-order chi connectivity index (χ0) is 13.0. The van der Waals surface area contributed by atoms with Crippen LogP contribution in [0.4, 0.5) is 4.39 Å². The summed E-state index contributed by atoms with van der Waals surface area (Å²) in [6, 6.07) is 5.66. The van der Waals surface area contributed by atoms with Gasteiger partial charge in [-0.15, -0.1) is 0 Å². The number of hydrogen-bond donors (Lipinski definition) is 1. The number of benzene rings is 1. The van der Waals surface area contributed by atoms with Crippen molar-refractivity contribution in [1.82, 2.24) is 9.78 Å². The highest BCUT2D eigenvalue weighted by Gasteiger charge is 2.07. The first-order chi connectivity index (χ1) is 8.63. The van der Waals surface area contributed by atoms with E-state index in [0.717, 1.165) is 4.47 Å². The highest BCUT2D eigenvalue weighted by Crippen LogP contribution is 2.12. The molecule has 6 heteroatoms. The van der Waals surface area contributed by atoms with Crippen molar-refractivity contribution in [3.8, 4) is 5.75 Å². The Kier molecular flexibility index (Phi) is 4.33. The third-order valence-corrected chi connectivity index (χ3v) is 2.67. The minimum Gasteiger partial charge on any atom is -0.491 e. The summed E-state index contributed by atoms with van der Waals surface area (Å²) in [6.45, 7) is 0.468. The van der Waals surface area contributed by atoms with Crippen molar-refractivity contribution in [3.05, 3.63) is 46.9 Å². The lowest BCUT2D eigenvalue weighted by molar-refractivity contribution is 0.0893. The molecule has 0 saturated carbocycles. The van der Waals surface area contributed by atoms with Crippen LogP contribution in [0.5, 0.6) is 5.75 Å². The van der Waals surface area contributed by atoms with E-state index in [-0.39, 0.29) is 12.4 Å². The maximum Gasteiger partial charge on any atom is 0.123 e. The van der Waals surface area contributed by atoms with Crippen molar-refractivity contribution >= 4 is 15.9 Å².